The summed E-state index contributed by atoms with van der Waals surface area (Å²) in [5.74, 6) is -0.110. The summed E-state index contributed by atoms with van der Waals surface area (Å²) in [4.78, 5) is 12.1. The molecule has 0 saturated carbocycles. The molecule has 0 aliphatic carbocycles. The van der Waals surface area contributed by atoms with E-state index in [0.717, 1.165) is 11.4 Å². The van der Waals surface area contributed by atoms with E-state index in [1.165, 1.54) is 0 Å². The zero-order valence-corrected chi connectivity index (χ0v) is 11.9. The SMILES string of the molecule is Cc1nn(C)c(C)c1C(=O)NCCn1cc(Cl)cn1. The molecule has 2 aromatic rings. The molecule has 102 valence electrons. The number of amides is 1. The Hall–Kier alpha value is -1.82. The van der Waals surface area contributed by atoms with Crippen LogP contribution in [0.3, 0.4) is 0 Å². The fourth-order valence-electron chi connectivity index (χ4n) is 1.94. The summed E-state index contributed by atoms with van der Waals surface area (Å²) in [6, 6.07) is 0. The molecule has 1 amide bonds. The van der Waals surface area contributed by atoms with E-state index in [2.05, 4.69) is 15.5 Å². The van der Waals surface area contributed by atoms with Crippen LogP contribution in [0.25, 0.3) is 0 Å². The number of rotatable bonds is 4. The van der Waals surface area contributed by atoms with E-state index in [4.69, 9.17) is 11.6 Å². The number of carbonyl (C=O) groups is 1. The van der Waals surface area contributed by atoms with Gasteiger partial charge in [-0.15, -0.1) is 0 Å². The number of halogens is 1. The van der Waals surface area contributed by atoms with Crippen LogP contribution >= 0.6 is 11.6 Å². The summed E-state index contributed by atoms with van der Waals surface area (Å²) in [6.07, 6.45) is 3.28. The standard InChI is InChI=1S/C12H16ClN5O/c1-8-11(9(2)17(3)16-8)12(19)14-4-5-18-7-10(13)6-15-18/h6-7H,4-5H2,1-3H3,(H,14,19). The molecule has 0 fully saturated rings. The van der Waals surface area contributed by atoms with Crippen molar-refractivity contribution in [3.8, 4) is 0 Å². The van der Waals surface area contributed by atoms with E-state index >= 15 is 0 Å². The molecular formula is C12H16ClN5O. The highest BCUT2D eigenvalue weighted by atomic mass is 35.5. The van der Waals surface area contributed by atoms with Crippen molar-refractivity contribution in [2.45, 2.75) is 20.4 Å². The van der Waals surface area contributed by atoms with E-state index in [1.807, 2.05) is 20.9 Å². The second-order valence-electron chi connectivity index (χ2n) is 4.35. The third-order valence-corrected chi connectivity index (χ3v) is 3.16. The number of carbonyl (C=O) groups excluding carboxylic acids is 1. The van der Waals surface area contributed by atoms with Gasteiger partial charge in [-0.1, -0.05) is 11.6 Å². The number of aromatic nitrogens is 4. The van der Waals surface area contributed by atoms with Gasteiger partial charge in [0.2, 0.25) is 0 Å². The van der Waals surface area contributed by atoms with Gasteiger partial charge >= 0.3 is 0 Å². The van der Waals surface area contributed by atoms with Crippen LogP contribution in [0, 0.1) is 13.8 Å². The monoisotopic (exact) mass is 281 g/mol. The molecule has 2 aromatic heterocycles. The number of hydrogen-bond donors (Lipinski definition) is 1. The summed E-state index contributed by atoms with van der Waals surface area (Å²) in [7, 11) is 1.82. The van der Waals surface area contributed by atoms with Gasteiger partial charge in [0, 0.05) is 25.5 Å². The average Bonchev–Trinajstić information content (AvgIpc) is 2.84. The number of hydrogen-bond acceptors (Lipinski definition) is 3. The lowest BCUT2D eigenvalue weighted by Crippen LogP contribution is -2.28. The maximum Gasteiger partial charge on any atom is 0.255 e. The Kier molecular flexibility index (Phi) is 3.90. The van der Waals surface area contributed by atoms with Crippen LogP contribution in [0.2, 0.25) is 5.02 Å². The Morgan fingerprint density at radius 3 is 2.74 bits per heavy atom. The van der Waals surface area contributed by atoms with Crippen molar-refractivity contribution in [2.75, 3.05) is 6.54 Å². The summed E-state index contributed by atoms with van der Waals surface area (Å²) in [6.45, 7) is 4.78. The van der Waals surface area contributed by atoms with Crippen molar-refractivity contribution in [3.63, 3.8) is 0 Å². The van der Waals surface area contributed by atoms with Gasteiger partial charge in [0.05, 0.1) is 29.0 Å². The van der Waals surface area contributed by atoms with Crippen molar-refractivity contribution in [1.82, 2.24) is 24.9 Å². The average molecular weight is 282 g/mol. The molecule has 1 N–H and O–H groups in total. The van der Waals surface area contributed by atoms with E-state index < -0.39 is 0 Å². The van der Waals surface area contributed by atoms with Crippen LogP contribution in [0.4, 0.5) is 0 Å². The van der Waals surface area contributed by atoms with Gasteiger partial charge in [-0.05, 0) is 13.8 Å². The minimum Gasteiger partial charge on any atom is -0.350 e. The predicted octanol–water partition coefficient (Wildman–Crippen LogP) is 1.32. The van der Waals surface area contributed by atoms with Gasteiger partial charge in [-0.25, -0.2) is 0 Å². The normalized spacial score (nSPS) is 10.7. The first-order chi connectivity index (χ1) is 8.99. The smallest absolute Gasteiger partial charge is 0.255 e. The van der Waals surface area contributed by atoms with E-state index in [-0.39, 0.29) is 5.91 Å². The molecule has 0 spiro atoms. The summed E-state index contributed by atoms with van der Waals surface area (Å²) in [5, 5.41) is 11.7. The molecule has 19 heavy (non-hydrogen) atoms. The Balaban J connectivity index is 1.94. The lowest BCUT2D eigenvalue weighted by Gasteiger charge is -2.05. The van der Waals surface area contributed by atoms with Crippen LogP contribution in [0.1, 0.15) is 21.7 Å². The maximum atomic E-state index is 12.1. The third kappa shape index (κ3) is 2.96. The fourth-order valence-corrected chi connectivity index (χ4v) is 2.09. The van der Waals surface area contributed by atoms with Crippen molar-refractivity contribution < 1.29 is 4.79 Å². The van der Waals surface area contributed by atoms with Gasteiger partial charge in [-0.3, -0.25) is 14.2 Å². The molecule has 2 rings (SSSR count). The van der Waals surface area contributed by atoms with E-state index in [1.54, 1.807) is 21.8 Å². The first-order valence-corrected chi connectivity index (χ1v) is 6.33. The van der Waals surface area contributed by atoms with Crippen LogP contribution in [0.15, 0.2) is 12.4 Å². The topological polar surface area (TPSA) is 64.7 Å². The highest BCUT2D eigenvalue weighted by Gasteiger charge is 2.16. The Morgan fingerprint density at radius 2 is 2.21 bits per heavy atom. The second-order valence-corrected chi connectivity index (χ2v) is 4.78. The largest absolute Gasteiger partial charge is 0.350 e. The zero-order valence-electron chi connectivity index (χ0n) is 11.1. The van der Waals surface area contributed by atoms with Crippen molar-refractivity contribution in [2.24, 2.45) is 7.05 Å². The summed E-state index contributed by atoms with van der Waals surface area (Å²) < 4.78 is 3.39. The second kappa shape index (κ2) is 5.44. The van der Waals surface area contributed by atoms with Crippen LogP contribution < -0.4 is 5.32 Å². The van der Waals surface area contributed by atoms with E-state index in [0.29, 0.717) is 23.7 Å². The molecule has 0 aliphatic heterocycles. The molecule has 0 aliphatic rings. The molecule has 0 aromatic carbocycles. The highest BCUT2D eigenvalue weighted by molar-refractivity contribution is 6.30. The highest BCUT2D eigenvalue weighted by Crippen LogP contribution is 2.11. The summed E-state index contributed by atoms with van der Waals surface area (Å²) >= 11 is 5.76. The van der Waals surface area contributed by atoms with E-state index in [9.17, 15) is 4.79 Å². The first kappa shape index (κ1) is 13.6. The molecule has 0 saturated heterocycles. The molecule has 0 radical (unpaired) electrons. The number of nitrogens with one attached hydrogen (secondary N) is 1. The molecule has 0 atom stereocenters. The lowest BCUT2D eigenvalue weighted by atomic mass is 10.2. The van der Waals surface area contributed by atoms with Gasteiger partial charge < -0.3 is 5.32 Å². The zero-order chi connectivity index (χ0) is 14.0. The molecule has 0 bridgehead atoms. The van der Waals surface area contributed by atoms with Crippen molar-refractivity contribution in [3.05, 3.63) is 34.4 Å². The Labute approximate surface area is 116 Å². The van der Waals surface area contributed by atoms with Gasteiger partial charge in [0.25, 0.3) is 5.91 Å². The van der Waals surface area contributed by atoms with Gasteiger partial charge in [0.1, 0.15) is 0 Å². The fraction of sp³-hybridized carbons (Fsp3) is 0.417. The van der Waals surface area contributed by atoms with Crippen molar-refractivity contribution in [1.29, 1.82) is 0 Å². The lowest BCUT2D eigenvalue weighted by molar-refractivity contribution is 0.0950. The molecule has 2 heterocycles. The predicted molar refractivity (Wildman–Crippen MR) is 72.3 cm³/mol. The Morgan fingerprint density at radius 1 is 1.47 bits per heavy atom. The van der Waals surface area contributed by atoms with Crippen LogP contribution in [-0.2, 0) is 13.6 Å². The third-order valence-electron chi connectivity index (χ3n) is 2.96. The quantitative estimate of drug-likeness (QED) is 0.919. The van der Waals surface area contributed by atoms with Gasteiger partial charge in [-0.2, -0.15) is 10.2 Å². The Bertz CT molecular complexity index is 601. The number of aryl methyl sites for hydroxylation is 2. The first-order valence-electron chi connectivity index (χ1n) is 5.95. The molecular weight excluding hydrogens is 266 g/mol. The molecule has 7 heteroatoms. The number of nitrogens with zero attached hydrogens (tertiary/aromatic N) is 4. The van der Waals surface area contributed by atoms with Crippen LogP contribution in [0.5, 0.6) is 0 Å². The molecule has 6 nitrogen and oxygen atoms in total. The van der Waals surface area contributed by atoms with Crippen LogP contribution in [-0.4, -0.2) is 32.0 Å². The maximum absolute atomic E-state index is 12.1. The summed E-state index contributed by atoms with van der Waals surface area (Å²) in [5.41, 5.74) is 2.23. The molecule has 0 unspecified atom stereocenters. The van der Waals surface area contributed by atoms with Gasteiger partial charge in [0.15, 0.2) is 0 Å². The minimum absolute atomic E-state index is 0.110. The minimum atomic E-state index is -0.110. The van der Waals surface area contributed by atoms with Crippen molar-refractivity contribution >= 4 is 17.5 Å².